The molecule has 1 N–H and O–H groups in total. The van der Waals surface area contributed by atoms with Gasteiger partial charge in [-0.15, -0.1) is 0 Å². The van der Waals surface area contributed by atoms with E-state index in [-0.39, 0.29) is 5.92 Å². The first-order valence-corrected chi connectivity index (χ1v) is 12.5. The summed E-state index contributed by atoms with van der Waals surface area (Å²) in [6.45, 7) is 5.92. The van der Waals surface area contributed by atoms with E-state index in [1.807, 2.05) is 31.2 Å². The first-order chi connectivity index (χ1) is 15.2. The molecule has 0 rings (SSSR count). The third-order valence-corrected chi connectivity index (χ3v) is 5.27. The molecular formula is C29H47O2. The average Bonchev–Trinajstić information content (AvgIpc) is 2.76. The fraction of sp³-hybridized carbons (Fsp3) is 0.586. The van der Waals surface area contributed by atoms with Crippen LogP contribution in [0.4, 0.5) is 0 Å². The van der Waals surface area contributed by atoms with E-state index in [0.717, 1.165) is 44.9 Å². The molecule has 0 aromatic heterocycles. The Morgan fingerprint density at radius 1 is 0.677 bits per heavy atom. The van der Waals surface area contributed by atoms with E-state index in [4.69, 9.17) is 5.11 Å². The topological polar surface area (TPSA) is 37.3 Å². The van der Waals surface area contributed by atoms with Crippen molar-refractivity contribution in [1.29, 1.82) is 0 Å². The molecule has 1 atom stereocenters. The highest BCUT2D eigenvalue weighted by atomic mass is 16.4. The summed E-state index contributed by atoms with van der Waals surface area (Å²) in [5.41, 5.74) is 0. The first-order valence-electron chi connectivity index (χ1n) is 12.5. The zero-order valence-corrected chi connectivity index (χ0v) is 20.0. The predicted octanol–water partition coefficient (Wildman–Crippen LogP) is 9.17. The summed E-state index contributed by atoms with van der Waals surface area (Å²) in [6, 6.07) is 0. The zero-order chi connectivity index (χ0) is 22.8. The van der Waals surface area contributed by atoms with Crippen LogP contribution in [0, 0.1) is 12.8 Å². The molecule has 31 heavy (non-hydrogen) atoms. The van der Waals surface area contributed by atoms with Gasteiger partial charge in [-0.05, 0) is 64.2 Å². The van der Waals surface area contributed by atoms with Crippen molar-refractivity contribution in [2.45, 2.75) is 103 Å². The smallest absolute Gasteiger partial charge is 0.306 e. The van der Waals surface area contributed by atoms with Crippen molar-refractivity contribution in [3.63, 3.8) is 0 Å². The molecule has 0 aliphatic carbocycles. The highest BCUT2D eigenvalue weighted by Crippen LogP contribution is 2.15. The van der Waals surface area contributed by atoms with Gasteiger partial charge < -0.3 is 5.11 Å². The number of rotatable bonds is 21. The van der Waals surface area contributed by atoms with Crippen LogP contribution in [0.2, 0.25) is 0 Å². The van der Waals surface area contributed by atoms with Crippen LogP contribution in [0.5, 0.6) is 0 Å². The fourth-order valence-electron chi connectivity index (χ4n) is 3.38. The molecule has 0 aliphatic rings. The van der Waals surface area contributed by atoms with Gasteiger partial charge in [-0.3, -0.25) is 4.79 Å². The number of carbonyl (C=O) groups is 1. The molecule has 0 amide bonds. The molecule has 0 saturated heterocycles. The fourth-order valence-corrected chi connectivity index (χ4v) is 3.38. The quantitative estimate of drug-likeness (QED) is 0.113. The Kier molecular flexibility index (Phi) is 23.0. The van der Waals surface area contributed by atoms with Gasteiger partial charge in [0.15, 0.2) is 0 Å². The van der Waals surface area contributed by atoms with Crippen molar-refractivity contribution in [3.05, 3.63) is 67.7 Å². The van der Waals surface area contributed by atoms with Crippen LogP contribution >= 0.6 is 0 Å². The summed E-state index contributed by atoms with van der Waals surface area (Å²) >= 11 is 0. The molecule has 0 aliphatic heterocycles. The van der Waals surface area contributed by atoms with E-state index in [2.05, 4.69) is 43.4 Å². The second kappa shape index (κ2) is 24.4. The molecule has 2 heteroatoms. The lowest BCUT2D eigenvalue weighted by molar-refractivity contribution is -0.142. The number of allylic oxidation sites excluding steroid dienone is 10. The Bertz CT molecular complexity index is 537. The lowest BCUT2D eigenvalue weighted by Gasteiger charge is -2.09. The Balaban J connectivity index is 3.58. The monoisotopic (exact) mass is 427 g/mol. The summed E-state index contributed by atoms with van der Waals surface area (Å²) in [5, 5.41) is 9.13. The molecule has 0 aromatic carbocycles. The Hall–Kier alpha value is -1.83. The zero-order valence-electron chi connectivity index (χ0n) is 20.0. The maximum Gasteiger partial charge on any atom is 0.306 e. The molecule has 175 valence electrons. The summed E-state index contributed by atoms with van der Waals surface area (Å²) in [5.74, 6) is -0.828. The van der Waals surface area contributed by atoms with Gasteiger partial charge in [0.1, 0.15) is 0 Å². The second-order valence-electron chi connectivity index (χ2n) is 8.19. The normalized spacial score (nSPS) is 13.6. The third kappa shape index (κ3) is 22.7. The lowest BCUT2D eigenvalue weighted by atomic mass is 9.97. The Morgan fingerprint density at radius 2 is 1.16 bits per heavy atom. The summed E-state index contributed by atoms with van der Waals surface area (Å²) in [4.78, 5) is 11.1. The number of carboxylic acids is 1. The van der Waals surface area contributed by atoms with Gasteiger partial charge in [-0.1, -0.05) is 107 Å². The minimum Gasteiger partial charge on any atom is -0.481 e. The SMILES string of the molecule is [CH2]CCCCCCC=CCCCCC=CC=CC=CC=CCCCC(CCC)C(=O)O. The van der Waals surface area contributed by atoms with Crippen LogP contribution in [0.1, 0.15) is 103 Å². The summed E-state index contributed by atoms with van der Waals surface area (Å²) in [7, 11) is 0. The molecule has 2 nitrogen and oxygen atoms in total. The van der Waals surface area contributed by atoms with Crippen LogP contribution < -0.4 is 0 Å². The second-order valence-corrected chi connectivity index (χ2v) is 8.19. The molecule has 0 bridgehead atoms. The number of unbranched alkanes of at least 4 members (excludes halogenated alkanes) is 9. The predicted molar refractivity (Wildman–Crippen MR) is 137 cm³/mol. The van der Waals surface area contributed by atoms with Gasteiger partial charge >= 0.3 is 5.97 Å². The molecular weight excluding hydrogens is 380 g/mol. The van der Waals surface area contributed by atoms with Crippen LogP contribution in [-0.4, -0.2) is 11.1 Å². The summed E-state index contributed by atoms with van der Waals surface area (Å²) in [6.07, 6.45) is 38.2. The maximum absolute atomic E-state index is 11.1. The number of hydrogen-bond acceptors (Lipinski definition) is 1. The minimum atomic E-state index is -0.650. The van der Waals surface area contributed by atoms with Crippen LogP contribution in [0.15, 0.2) is 60.8 Å². The van der Waals surface area contributed by atoms with E-state index in [1.165, 1.54) is 51.4 Å². The summed E-state index contributed by atoms with van der Waals surface area (Å²) < 4.78 is 0. The van der Waals surface area contributed by atoms with Gasteiger partial charge in [0.05, 0.1) is 5.92 Å². The number of hydrogen-bond donors (Lipinski definition) is 1. The van der Waals surface area contributed by atoms with Gasteiger partial charge in [0, 0.05) is 0 Å². The van der Waals surface area contributed by atoms with E-state index >= 15 is 0 Å². The van der Waals surface area contributed by atoms with Gasteiger partial charge in [0.25, 0.3) is 0 Å². The molecule has 0 heterocycles. The molecule has 0 spiro atoms. The van der Waals surface area contributed by atoms with Crippen molar-refractivity contribution in [3.8, 4) is 0 Å². The number of aliphatic carboxylic acids is 1. The lowest BCUT2D eigenvalue weighted by Crippen LogP contribution is -2.13. The van der Waals surface area contributed by atoms with E-state index in [1.54, 1.807) is 0 Å². The van der Waals surface area contributed by atoms with Crippen molar-refractivity contribution < 1.29 is 9.90 Å². The minimum absolute atomic E-state index is 0.177. The largest absolute Gasteiger partial charge is 0.481 e. The Labute approximate surface area is 192 Å². The van der Waals surface area contributed by atoms with Gasteiger partial charge in [0.2, 0.25) is 0 Å². The van der Waals surface area contributed by atoms with Gasteiger partial charge in [-0.2, -0.15) is 0 Å². The number of carboxylic acid groups (broad SMARTS) is 1. The van der Waals surface area contributed by atoms with E-state index in [0.29, 0.717) is 0 Å². The third-order valence-electron chi connectivity index (χ3n) is 5.27. The maximum atomic E-state index is 11.1. The molecule has 1 unspecified atom stereocenters. The van der Waals surface area contributed by atoms with Gasteiger partial charge in [-0.25, -0.2) is 0 Å². The van der Waals surface area contributed by atoms with E-state index < -0.39 is 5.97 Å². The van der Waals surface area contributed by atoms with Crippen LogP contribution in [0.25, 0.3) is 0 Å². The molecule has 0 aromatic rings. The van der Waals surface area contributed by atoms with Crippen LogP contribution in [0.3, 0.4) is 0 Å². The average molecular weight is 428 g/mol. The standard InChI is InChI=1S/C29H47O2/c1-3-5-6-7-8-9-10-11-12-13-14-15-16-17-18-19-20-21-22-23-24-25-27-28(26-4-2)29(30)31/h10-11,16-23,28H,1,3-9,12-15,24-27H2,2H3,(H,30,31). The van der Waals surface area contributed by atoms with Crippen molar-refractivity contribution in [2.24, 2.45) is 5.92 Å². The highest BCUT2D eigenvalue weighted by Gasteiger charge is 2.14. The van der Waals surface area contributed by atoms with Crippen molar-refractivity contribution in [2.75, 3.05) is 0 Å². The van der Waals surface area contributed by atoms with Crippen molar-refractivity contribution >= 4 is 5.97 Å². The van der Waals surface area contributed by atoms with Crippen molar-refractivity contribution in [1.82, 2.24) is 0 Å². The van der Waals surface area contributed by atoms with Crippen LogP contribution in [-0.2, 0) is 4.79 Å². The molecule has 0 fully saturated rings. The Morgan fingerprint density at radius 3 is 1.71 bits per heavy atom. The first kappa shape index (κ1) is 29.2. The molecule has 0 saturated carbocycles. The molecule has 1 radical (unpaired) electrons. The van der Waals surface area contributed by atoms with E-state index in [9.17, 15) is 4.79 Å². The highest BCUT2D eigenvalue weighted by molar-refractivity contribution is 5.69.